The highest BCUT2D eigenvalue weighted by atomic mass is 16.4. The Balaban J connectivity index is 1.38. The molecular formula is C36H46O2. The van der Waals surface area contributed by atoms with Crippen LogP contribution >= 0.6 is 0 Å². The molecule has 202 valence electrons. The summed E-state index contributed by atoms with van der Waals surface area (Å²) in [4.78, 5) is 11.3. The molecule has 1 atom stereocenters. The van der Waals surface area contributed by atoms with Crippen molar-refractivity contribution in [2.24, 2.45) is 11.8 Å². The minimum absolute atomic E-state index is 0.224. The van der Waals surface area contributed by atoms with Gasteiger partial charge in [-0.05, 0) is 96.6 Å². The Morgan fingerprint density at radius 2 is 1.39 bits per heavy atom. The van der Waals surface area contributed by atoms with Gasteiger partial charge >= 0.3 is 5.97 Å². The van der Waals surface area contributed by atoms with Gasteiger partial charge in [0.25, 0.3) is 0 Å². The number of aliphatic carboxylic acids is 1. The Morgan fingerprint density at radius 1 is 0.789 bits per heavy atom. The lowest BCUT2D eigenvalue weighted by atomic mass is 9.77. The summed E-state index contributed by atoms with van der Waals surface area (Å²) in [5.74, 6) is 0.779. The smallest absolute Gasteiger partial charge is 0.306 e. The quantitative estimate of drug-likeness (QED) is 0.232. The van der Waals surface area contributed by atoms with Crippen LogP contribution in [0.15, 0.2) is 72.8 Å². The molecule has 0 aromatic heterocycles. The first-order valence-corrected chi connectivity index (χ1v) is 15.1. The summed E-state index contributed by atoms with van der Waals surface area (Å²) in [7, 11) is 0. The molecule has 1 aliphatic carbocycles. The molecule has 0 radical (unpaired) electrons. The van der Waals surface area contributed by atoms with Gasteiger partial charge in [0.1, 0.15) is 0 Å². The van der Waals surface area contributed by atoms with Crippen LogP contribution in [-0.4, -0.2) is 11.1 Å². The van der Waals surface area contributed by atoms with Crippen LogP contribution in [0, 0.1) is 11.8 Å². The maximum atomic E-state index is 11.3. The Kier molecular flexibility index (Phi) is 10.6. The topological polar surface area (TPSA) is 37.3 Å². The van der Waals surface area contributed by atoms with Gasteiger partial charge in [0, 0.05) is 0 Å². The van der Waals surface area contributed by atoms with Gasteiger partial charge in [-0.1, -0.05) is 112 Å². The highest BCUT2D eigenvalue weighted by Gasteiger charge is 2.22. The van der Waals surface area contributed by atoms with Crippen molar-refractivity contribution in [3.63, 3.8) is 0 Å². The van der Waals surface area contributed by atoms with Crippen LogP contribution in [0.1, 0.15) is 102 Å². The van der Waals surface area contributed by atoms with Gasteiger partial charge in [0.05, 0.1) is 5.92 Å². The van der Waals surface area contributed by atoms with E-state index in [2.05, 4.69) is 79.7 Å². The van der Waals surface area contributed by atoms with E-state index < -0.39 is 5.97 Å². The van der Waals surface area contributed by atoms with Crippen molar-refractivity contribution in [2.45, 2.75) is 96.8 Å². The van der Waals surface area contributed by atoms with Crippen molar-refractivity contribution in [1.29, 1.82) is 0 Å². The van der Waals surface area contributed by atoms with Crippen LogP contribution in [0.4, 0.5) is 0 Å². The fourth-order valence-electron chi connectivity index (χ4n) is 6.29. The molecule has 1 unspecified atom stereocenters. The van der Waals surface area contributed by atoms with Gasteiger partial charge in [0.2, 0.25) is 0 Å². The fraction of sp³-hybridized carbons (Fsp3) is 0.472. The third-order valence-corrected chi connectivity index (χ3v) is 8.81. The highest BCUT2D eigenvalue weighted by Crippen LogP contribution is 2.39. The number of aryl methyl sites for hydroxylation is 1. The molecule has 38 heavy (non-hydrogen) atoms. The summed E-state index contributed by atoms with van der Waals surface area (Å²) < 4.78 is 0. The number of carboxylic acids is 1. The average Bonchev–Trinajstić information content (AvgIpc) is 2.96. The van der Waals surface area contributed by atoms with Crippen LogP contribution in [-0.2, 0) is 11.2 Å². The van der Waals surface area contributed by atoms with Gasteiger partial charge in [-0.15, -0.1) is 0 Å². The zero-order valence-electron chi connectivity index (χ0n) is 23.5. The zero-order chi connectivity index (χ0) is 26.7. The molecular weight excluding hydrogens is 464 g/mol. The number of hydrogen-bond donors (Lipinski definition) is 1. The second-order valence-corrected chi connectivity index (χ2v) is 11.4. The van der Waals surface area contributed by atoms with E-state index in [-0.39, 0.29) is 5.92 Å². The Morgan fingerprint density at radius 3 is 1.95 bits per heavy atom. The standard InChI is InChI=1S/C36H46O2/c1-3-5-6-10-27-15-19-30(20-16-27)31-23-25-33(26-24-31)35-14-8-7-13-34(35)32-21-17-28(18-22-32)11-9-12-29(4-2)36(37)38/h7-8,13-14,17-18,21-27,29-30H,3-6,9-12,15-16,19-20H2,1-2H3,(H,37,38)/t27-,29?,30-. The molecule has 0 saturated heterocycles. The number of carboxylic acid groups (broad SMARTS) is 1. The second-order valence-electron chi connectivity index (χ2n) is 11.4. The first kappa shape index (κ1) is 28.1. The van der Waals surface area contributed by atoms with Crippen LogP contribution < -0.4 is 0 Å². The van der Waals surface area contributed by atoms with Crippen molar-refractivity contribution in [2.75, 3.05) is 0 Å². The third kappa shape index (κ3) is 7.59. The van der Waals surface area contributed by atoms with Gasteiger partial charge in [-0.25, -0.2) is 0 Å². The molecule has 1 saturated carbocycles. The van der Waals surface area contributed by atoms with Gasteiger partial charge in [-0.3, -0.25) is 4.79 Å². The summed E-state index contributed by atoms with van der Waals surface area (Å²) in [5.41, 5.74) is 7.83. The molecule has 0 heterocycles. The van der Waals surface area contributed by atoms with Crippen molar-refractivity contribution in [3.8, 4) is 22.3 Å². The number of hydrogen-bond acceptors (Lipinski definition) is 1. The molecule has 0 aliphatic heterocycles. The van der Waals surface area contributed by atoms with Crippen LogP contribution in [0.2, 0.25) is 0 Å². The van der Waals surface area contributed by atoms with E-state index in [4.69, 9.17) is 0 Å². The molecule has 2 heteroatoms. The highest BCUT2D eigenvalue weighted by molar-refractivity contribution is 5.83. The van der Waals surface area contributed by atoms with Crippen molar-refractivity contribution in [3.05, 3.63) is 83.9 Å². The van der Waals surface area contributed by atoms with Crippen molar-refractivity contribution >= 4 is 5.97 Å². The van der Waals surface area contributed by atoms with E-state index >= 15 is 0 Å². The Bertz CT molecular complexity index is 1120. The molecule has 1 fully saturated rings. The van der Waals surface area contributed by atoms with Gasteiger partial charge < -0.3 is 5.11 Å². The minimum atomic E-state index is -0.669. The van der Waals surface area contributed by atoms with Gasteiger partial charge in [-0.2, -0.15) is 0 Å². The SMILES string of the molecule is CCCCC[C@H]1CC[C@H](c2ccc(-c3ccccc3-c3ccc(CCCC(CC)C(=O)O)cc3)cc2)CC1. The van der Waals surface area contributed by atoms with E-state index in [0.717, 1.165) is 31.1 Å². The van der Waals surface area contributed by atoms with Crippen molar-refractivity contribution in [1.82, 2.24) is 0 Å². The zero-order valence-corrected chi connectivity index (χ0v) is 23.5. The molecule has 2 nitrogen and oxygen atoms in total. The summed E-state index contributed by atoms with van der Waals surface area (Å²) in [6.07, 6.45) is 14.3. The first-order valence-electron chi connectivity index (χ1n) is 15.1. The van der Waals surface area contributed by atoms with E-state index in [1.54, 1.807) is 0 Å². The molecule has 3 aromatic carbocycles. The molecule has 1 N–H and O–H groups in total. The molecule has 0 bridgehead atoms. The summed E-state index contributed by atoms with van der Waals surface area (Å²) in [5, 5.41) is 9.28. The maximum Gasteiger partial charge on any atom is 0.306 e. The number of rotatable bonds is 13. The molecule has 1 aliphatic rings. The Hall–Kier alpha value is -2.87. The average molecular weight is 511 g/mol. The summed E-state index contributed by atoms with van der Waals surface area (Å²) in [6.45, 7) is 4.25. The lowest BCUT2D eigenvalue weighted by molar-refractivity contribution is -0.142. The first-order chi connectivity index (χ1) is 18.6. The van der Waals surface area contributed by atoms with E-state index in [9.17, 15) is 9.90 Å². The number of benzene rings is 3. The molecule has 0 amide bonds. The third-order valence-electron chi connectivity index (χ3n) is 8.81. The molecule has 3 aromatic rings. The predicted octanol–water partition coefficient (Wildman–Crippen LogP) is 10.3. The van der Waals surface area contributed by atoms with E-state index in [0.29, 0.717) is 6.42 Å². The fourth-order valence-corrected chi connectivity index (χ4v) is 6.29. The summed E-state index contributed by atoms with van der Waals surface area (Å²) in [6, 6.07) is 26.9. The molecule has 0 spiro atoms. The maximum absolute atomic E-state index is 11.3. The second kappa shape index (κ2) is 14.3. The monoisotopic (exact) mass is 510 g/mol. The van der Waals surface area contributed by atoms with Gasteiger partial charge in [0.15, 0.2) is 0 Å². The Labute approximate surface area is 230 Å². The van der Waals surface area contributed by atoms with Crippen LogP contribution in [0.5, 0.6) is 0 Å². The van der Waals surface area contributed by atoms with E-state index in [1.807, 2.05) is 6.92 Å². The van der Waals surface area contributed by atoms with Crippen LogP contribution in [0.25, 0.3) is 22.3 Å². The minimum Gasteiger partial charge on any atom is -0.481 e. The largest absolute Gasteiger partial charge is 0.481 e. The lowest BCUT2D eigenvalue weighted by Gasteiger charge is -2.29. The normalized spacial score (nSPS) is 18.3. The molecule has 4 rings (SSSR count). The van der Waals surface area contributed by atoms with Crippen LogP contribution in [0.3, 0.4) is 0 Å². The number of unbranched alkanes of at least 4 members (excludes halogenated alkanes) is 2. The lowest BCUT2D eigenvalue weighted by Crippen LogP contribution is -2.13. The predicted molar refractivity (Wildman–Crippen MR) is 161 cm³/mol. The van der Waals surface area contributed by atoms with E-state index in [1.165, 1.54) is 84.7 Å². The summed E-state index contributed by atoms with van der Waals surface area (Å²) >= 11 is 0. The number of carbonyl (C=O) groups is 1. The van der Waals surface area contributed by atoms with Crippen molar-refractivity contribution < 1.29 is 9.90 Å².